The number of aromatic amines is 1. The molecule has 2 aromatic heterocycles. The van der Waals surface area contributed by atoms with Gasteiger partial charge in [-0.1, -0.05) is 64.5 Å². The zero-order chi connectivity index (χ0) is 49.9. The van der Waals surface area contributed by atoms with E-state index in [2.05, 4.69) is 31.5 Å². The summed E-state index contributed by atoms with van der Waals surface area (Å²) in [5.74, 6) is 4.55. The maximum atomic E-state index is 13.8. The van der Waals surface area contributed by atoms with E-state index in [4.69, 9.17) is 28.9 Å². The molecule has 72 heavy (non-hydrogen) atoms. The van der Waals surface area contributed by atoms with Crippen LogP contribution in [0.3, 0.4) is 0 Å². The van der Waals surface area contributed by atoms with Crippen LogP contribution >= 0.6 is 15.9 Å². The number of likely N-dealkylation sites (tertiary alicyclic amines) is 2. The van der Waals surface area contributed by atoms with E-state index >= 15 is 0 Å². The zero-order valence-electron chi connectivity index (χ0n) is 42.2. The molecule has 0 atom stereocenters. The largest absolute Gasteiger partial charge is 1.00 e. The van der Waals surface area contributed by atoms with Gasteiger partial charge in [-0.15, -0.1) is 0 Å². The first-order valence-electron chi connectivity index (χ1n) is 23.6. The molecule has 0 bridgehead atoms. The Morgan fingerprint density at radius 1 is 0.597 bits per heavy atom. The maximum Gasteiger partial charge on any atom is 1.00 e. The second-order valence-electron chi connectivity index (χ2n) is 17.4. The summed E-state index contributed by atoms with van der Waals surface area (Å²) in [6, 6.07) is 39.9. The van der Waals surface area contributed by atoms with Crippen LogP contribution in [0.15, 0.2) is 133 Å². The number of carbonyl (C=O) groups is 2. The van der Waals surface area contributed by atoms with Gasteiger partial charge in [0.2, 0.25) is 0 Å². The van der Waals surface area contributed by atoms with Crippen LogP contribution in [0.1, 0.15) is 82.4 Å². The van der Waals surface area contributed by atoms with Crippen LogP contribution in [-0.2, 0) is 11.9 Å². The number of halogens is 3. The van der Waals surface area contributed by atoms with E-state index in [-0.39, 0.29) is 60.4 Å². The summed E-state index contributed by atoms with van der Waals surface area (Å²) in [5.41, 5.74) is 7.04. The van der Waals surface area contributed by atoms with E-state index in [1.807, 2.05) is 64.4 Å². The van der Waals surface area contributed by atoms with E-state index < -0.39 is 0 Å². The Hall–Kier alpha value is -6.26. The minimum atomic E-state index is -0.241. The number of benzene rings is 6. The number of H-pyrrole nitrogens is 1. The van der Waals surface area contributed by atoms with Crippen molar-refractivity contribution >= 4 is 49.8 Å². The molecule has 0 aliphatic carbocycles. The fourth-order valence-corrected chi connectivity index (χ4v) is 9.45. The third kappa shape index (κ3) is 13.2. The average molecular weight is 1050 g/mol. The van der Waals surface area contributed by atoms with Gasteiger partial charge in [-0.2, -0.15) is 0 Å². The third-order valence-corrected chi connectivity index (χ3v) is 13.5. The van der Waals surface area contributed by atoms with Gasteiger partial charge in [0.05, 0.1) is 50.5 Å². The molecule has 2 fully saturated rings. The van der Waals surface area contributed by atoms with Crippen LogP contribution < -0.4 is 48.5 Å². The van der Waals surface area contributed by atoms with Gasteiger partial charge in [-0.25, -0.2) is 18.7 Å². The average Bonchev–Trinajstić information content (AvgIpc) is 4.02. The number of rotatable bonds is 11. The van der Waals surface area contributed by atoms with Crippen LogP contribution in [0.25, 0.3) is 22.1 Å². The predicted molar refractivity (Wildman–Crippen MR) is 276 cm³/mol. The van der Waals surface area contributed by atoms with Crippen molar-refractivity contribution in [2.75, 3.05) is 54.6 Å². The van der Waals surface area contributed by atoms with Crippen LogP contribution in [0.2, 0.25) is 0 Å². The van der Waals surface area contributed by atoms with Gasteiger partial charge >= 0.3 is 29.6 Å². The predicted octanol–water partition coefficient (Wildman–Crippen LogP) is 8.70. The molecule has 2 aliphatic heterocycles. The number of hydrogen-bond acceptors (Lipinski definition) is 8. The number of para-hydroxylation sites is 4. The number of aromatic nitrogens is 4. The van der Waals surface area contributed by atoms with Crippen molar-refractivity contribution in [3.8, 4) is 23.0 Å². The second-order valence-corrected chi connectivity index (χ2v) is 18.0. The van der Waals surface area contributed by atoms with E-state index in [9.17, 15) is 18.4 Å². The molecule has 10 rings (SSSR count). The Bertz CT molecular complexity index is 3030. The van der Waals surface area contributed by atoms with Crippen molar-refractivity contribution in [1.82, 2.24) is 29.3 Å². The molecule has 0 spiro atoms. The standard InChI is InChI=1S/C28H28FN3O3.C21H23N3O3.C7H6BrF.Na.H/c1-34-23-15-21(16-24(17-23)35-2)28(33)31-12-10-20(11-13-31)27-30-25-8-3-4-9-26(25)32(27)18-19-6-5-7-22(29)14-19;1-26-16-11-15(12-17(13-16)27-2)21(25)24-9-7-14(8-10-24)20-22-18-5-3-4-6-19(18)23-20;8-5-6-2-1-3-7(9)4-6;;/h3-9,14-17,20H,10-13,18H2,1-2H3;3-6,11-14H,7-10H2,1-2H3,(H,22,23);1-4H,5H2;;/q;;;+1;-1. The molecule has 2 saturated heterocycles. The number of piperidine rings is 2. The maximum absolute atomic E-state index is 13.8. The van der Waals surface area contributed by atoms with Crippen molar-refractivity contribution in [3.05, 3.63) is 179 Å². The Kier molecular flexibility index (Phi) is 18.9. The fraction of sp³-hybridized carbons (Fsp3) is 0.286. The normalized spacial score (nSPS) is 13.8. The van der Waals surface area contributed by atoms with Gasteiger partial charge in [0.25, 0.3) is 11.8 Å². The molecule has 370 valence electrons. The van der Waals surface area contributed by atoms with Crippen LogP contribution in [0, 0.1) is 11.6 Å². The molecule has 6 aromatic carbocycles. The molecule has 0 saturated carbocycles. The molecular formula is C56H58BrF2N6NaO6. The van der Waals surface area contributed by atoms with Gasteiger partial charge in [0.15, 0.2) is 0 Å². The summed E-state index contributed by atoms with van der Waals surface area (Å²) in [6.45, 7) is 3.23. The number of imidazole rings is 2. The molecule has 1 N–H and O–H groups in total. The number of hydrogen-bond donors (Lipinski definition) is 1. The molecule has 2 aliphatic rings. The molecule has 2 amide bonds. The number of ether oxygens (including phenoxy) is 4. The molecular weight excluding hydrogens is 994 g/mol. The van der Waals surface area contributed by atoms with Crippen molar-refractivity contribution < 1.29 is 68.3 Å². The van der Waals surface area contributed by atoms with Gasteiger partial charge in [0, 0.05) is 73.1 Å². The van der Waals surface area contributed by atoms with Crippen LogP contribution in [-0.4, -0.2) is 95.8 Å². The van der Waals surface area contributed by atoms with E-state index in [0.717, 1.165) is 70.5 Å². The topological polar surface area (TPSA) is 124 Å². The summed E-state index contributed by atoms with van der Waals surface area (Å²) in [5, 5.41) is 0.713. The number of carbonyl (C=O) groups excluding carboxylic acids is 2. The van der Waals surface area contributed by atoms with Crippen molar-refractivity contribution in [1.29, 1.82) is 0 Å². The number of nitrogens with zero attached hydrogens (tertiary/aromatic N) is 5. The minimum Gasteiger partial charge on any atom is -1.00 e. The molecule has 16 heteroatoms. The van der Waals surface area contributed by atoms with Crippen molar-refractivity contribution in [2.24, 2.45) is 0 Å². The first kappa shape index (κ1) is 53.5. The molecule has 8 aromatic rings. The Morgan fingerprint density at radius 2 is 1.07 bits per heavy atom. The fourth-order valence-electron chi connectivity index (χ4n) is 9.10. The minimum absolute atomic E-state index is 0. The zero-order valence-corrected chi connectivity index (χ0v) is 44.8. The number of amides is 2. The summed E-state index contributed by atoms with van der Waals surface area (Å²) < 4.78 is 49.6. The Balaban J connectivity index is 0.000000203. The number of alkyl halides is 1. The Labute approximate surface area is 450 Å². The molecule has 0 radical (unpaired) electrons. The summed E-state index contributed by atoms with van der Waals surface area (Å²) in [7, 11) is 6.32. The van der Waals surface area contributed by atoms with Crippen LogP contribution in [0.4, 0.5) is 8.78 Å². The number of methoxy groups -OCH3 is 4. The van der Waals surface area contributed by atoms with Crippen LogP contribution in [0.5, 0.6) is 23.0 Å². The first-order valence-corrected chi connectivity index (χ1v) is 24.7. The molecule has 4 heterocycles. The monoisotopic (exact) mass is 1050 g/mol. The first-order chi connectivity index (χ1) is 34.5. The number of fused-ring (bicyclic) bond motifs is 2. The van der Waals surface area contributed by atoms with E-state index in [1.54, 1.807) is 83.0 Å². The second kappa shape index (κ2) is 25.4. The Morgan fingerprint density at radius 3 is 1.56 bits per heavy atom. The van der Waals surface area contributed by atoms with E-state index in [1.165, 1.54) is 18.2 Å². The number of nitrogens with one attached hydrogen (secondary N) is 1. The smallest absolute Gasteiger partial charge is 1.00 e. The quantitative estimate of drug-likeness (QED) is 0.101. The third-order valence-electron chi connectivity index (χ3n) is 12.9. The van der Waals surface area contributed by atoms with Gasteiger partial charge in [-0.05, 0) is 110 Å². The van der Waals surface area contributed by atoms with Crippen molar-refractivity contribution in [2.45, 2.75) is 49.4 Å². The van der Waals surface area contributed by atoms with Gasteiger partial charge < -0.3 is 39.7 Å². The van der Waals surface area contributed by atoms with Gasteiger partial charge in [-0.3, -0.25) is 9.59 Å². The van der Waals surface area contributed by atoms with Gasteiger partial charge in [0.1, 0.15) is 46.3 Å². The summed E-state index contributed by atoms with van der Waals surface area (Å²) in [4.78, 5) is 43.0. The molecule has 0 unspecified atom stereocenters. The van der Waals surface area contributed by atoms with Crippen molar-refractivity contribution in [3.63, 3.8) is 0 Å². The van der Waals surface area contributed by atoms with E-state index in [0.29, 0.717) is 78.1 Å². The molecule has 12 nitrogen and oxygen atoms in total. The summed E-state index contributed by atoms with van der Waals surface area (Å²) in [6.07, 6.45) is 3.40. The SMILES string of the molecule is COc1cc(OC)cc(C(=O)N2CCC(c3nc4ccccc4[nH]3)CC2)c1.COc1cc(OC)cc(C(=O)N2CCC(c3nc4ccccc4n3Cc3cccc(F)c3)CC2)c1.Fc1cccc(CBr)c1.[H-].[Na+]. The summed E-state index contributed by atoms with van der Waals surface area (Å²) >= 11 is 3.22.